The first kappa shape index (κ1) is 26.5. The minimum absolute atomic E-state index is 0. The van der Waals surface area contributed by atoms with Gasteiger partial charge in [-0.2, -0.15) is 0 Å². The molecule has 1 heteroatoms. The standard InChI is InChI=1S/C7H16.C6H12.2C2H6.H2O.H2/c1-3-5-7-6-4-2;1-2-4-6-5-3-1;2*1-2;;/h3-7H2,1-2H3;1-6H2;2*1-2H3;1H2;1H. The third kappa shape index (κ3) is 36.0. The first-order chi connectivity index (χ1) is 8.41. The van der Waals surface area contributed by atoms with Gasteiger partial charge in [-0.05, 0) is 0 Å². The zero-order valence-electron chi connectivity index (χ0n) is 14.3. The third-order valence-electron chi connectivity index (χ3n) is 2.71. The number of rotatable bonds is 4. The summed E-state index contributed by atoms with van der Waals surface area (Å²) in [6.45, 7) is 12.5. The van der Waals surface area contributed by atoms with Crippen LogP contribution in [0.4, 0.5) is 0 Å². The molecule has 0 aromatic rings. The van der Waals surface area contributed by atoms with Gasteiger partial charge in [0.05, 0.1) is 0 Å². The molecular formula is C17H44O. The molecule has 0 aliphatic heterocycles. The average molecular weight is 265 g/mol. The van der Waals surface area contributed by atoms with Crippen molar-refractivity contribution in [3.05, 3.63) is 0 Å². The van der Waals surface area contributed by atoms with Crippen molar-refractivity contribution in [3.63, 3.8) is 0 Å². The highest BCUT2D eigenvalue weighted by atomic mass is 16.0. The van der Waals surface area contributed by atoms with Crippen molar-refractivity contribution >= 4 is 0 Å². The predicted molar refractivity (Wildman–Crippen MR) is 90.6 cm³/mol. The van der Waals surface area contributed by atoms with Crippen LogP contribution in [0.1, 0.15) is 114 Å². The van der Waals surface area contributed by atoms with Gasteiger partial charge < -0.3 is 5.48 Å². The fourth-order valence-corrected chi connectivity index (χ4v) is 1.74. The molecule has 0 bridgehead atoms. The average Bonchev–Trinajstić information content (AvgIpc) is 2.46. The van der Waals surface area contributed by atoms with Crippen molar-refractivity contribution in [1.82, 2.24) is 0 Å². The van der Waals surface area contributed by atoms with E-state index in [1.807, 2.05) is 27.7 Å². The summed E-state index contributed by atoms with van der Waals surface area (Å²) in [7, 11) is 0. The molecule has 0 radical (unpaired) electrons. The molecule has 1 aliphatic carbocycles. The first-order valence-corrected chi connectivity index (χ1v) is 8.41. The Morgan fingerprint density at radius 3 is 0.944 bits per heavy atom. The molecule has 0 aromatic heterocycles. The van der Waals surface area contributed by atoms with Gasteiger partial charge in [0, 0.05) is 1.43 Å². The van der Waals surface area contributed by atoms with Gasteiger partial charge in [0.2, 0.25) is 0 Å². The van der Waals surface area contributed by atoms with Crippen molar-refractivity contribution in [3.8, 4) is 0 Å². The van der Waals surface area contributed by atoms with Crippen molar-refractivity contribution in [2.45, 2.75) is 112 Å². The summed E-state index contributed by atoms with van der Waals surface area (Å²) in [4.78, 5) is 0. The van der Waals surface area contributed by atoms with Crippen LogP contribution in [0, 0.1) is 0 Å². The molecule has 1 saturated carbocycles. The molecule has 0 saturated heterocycles. The Morgan fingerprint density at radius 1 is 0.556 bits per heavy atom. The highest BCUT2D eigenvalue weighted by Crippen LogP contribution is 2.15. The van der Waals surface area contributed by atoms with Crippen LogP contribution < -0.4 is 0 Å². The quantitative estimate of drug-likeness (QED) is 0.501. The lowest BCUT2D eigenvalue weighted by Gasteiger charge is -2.05. The van der Waals surface area contributed by atoms with Gasteiger partial charge in [0.1, 0.15) is 0 Å². The fourth-order valence-electron chi connectivity index (χ4n) is 1.74. The van der Waals surface area contributed by atoms with Crippen LogP contribution in [0.3, 0.4) is 0 Å². The van der Waals surface area contributed by atoms with E-state index in [-0.39, 0.29) is 6.90 Å². The van der Waals surface area contributed by atoms with Gasteiger partial charge >= 0.3 is 0 Å². The lowest BCUT2D eigenvalue weighted by molar-refractivity contribution is 0.504. The molecule has 1 nitrogen and oxygen atoms in total. The van der Waals surface area contributed by atoms with E-state index < -0.39 is 0 Å². The summed E-state index contributed by atoms with van der Waals surface area (Å²) in [5.74, 6) is 0. The zero-order chi connectivity index (χ0) is 13.8. The van der Waals surface area contributed by atoms with Crippen molar-refractivity contribution in [2.24, 2.45) is 0 Å². The Kier molecular flexibility index (Phi) is 53.0. The molecule has 0 atom stereocenters. The molecule has 0 heterocycles. The van der Waals surface area contributed by atoms with E-state index in [0.29, 0.717) is 0 Å². The van der Waals surface area contributed by atoms with Crippen molar-refractivity contribution < 1.29 is 6.90 Å². The molecule has 0 amide bonds. The summed E-state index contributed by atoms with van der Waals surface area (Å²) in [6.07, 6.45) is 16.0. The summed E-state index contributed by atoms with van der Waals surface area (Å²) in [5, 5.41) is 0. The van der Waals surface area contributed by atoms with Crippen LogP contribution in [0.5, 0.6) is 0 Å². The Hall–Kier alpha value is -0.0400. The molecule has 1 rings (SSSR count). The second-order valence-electron chi connectivity index (χ2n) is 4.18. The molecule has 1 fully saturated rings. The Labute approximate surface area is 120 Å². The number of hydrogen-bond donors (Lipinski definition) is 0. The summed E-state index contributed by atoms with van der Waals surface area (Å²) < 4.78 is 0. The van der Waals surface area contributed by atoms with Crippen LogP contribution >= 0.6 is 0 Å². The van der Waals surface area contributed by atoms with E-state index >= 15 is 0 Å². The largest absolute Gasteiger partial charge is 0.412 e. The SMILES string of the molecule is C1CCCCC1.CC.CC.CCCCCCC.O.[HH]. The molecule has 118 valence electrons. The van der Waals surface area contributed by atoms with Crippen LogP contribution in [0.25, 0.3) is 0 Å². The predicted octanol–water partition coefficient (Wildman–Crippen LogP) is 6.79. The second-order valence-corrected chi connectivity index (χ2v) is 4.18. The van der Waals surface area contributed by atoms with Crippen LogP contribution in [-0.2, 0) is 0 Å². The van der Waals surface area contributed by atoms with Gasteiger partial charge in [-0.1, -0.05) is 112 Å². The number of unbranched alkanes of at least 4 members (excludes halogenated alkanes) is 4. The third-order valence-corrected chi connectivity index (χ3v) is 2.71. The second kappa shape index (κ2) is 36.0. The lowest BCUT2D eigenvalue weighted by Crippen LogP contribution is -1.85. The number of hydrogen-bond acceptors (Lipinski definition) is 0. The molecule has 2 N–H and O–H groups in total. The summed E-state index contributed by atoms with van der Waals surface area (Å²) in [5.41, 5.74) is 0. The van der Waals surface area contributed by atoms with Gasteiger partial charge in [-0.3, -0.25) is 0 Å². The highest BCUT2D eigenvalue weighted by molar-refractivity contribution is 4.51. The van der Waals surface area contributed by atoms with E-state index in [4.69, 9.17) is 0 Å². The maximum absolute atomic E-state index is 2.25. The van der Waals surface area contributed by atoms with E-state index in [1.54, 1.807) is 0 Å². The minimum atomic E-state index is 0. The maximum Gasteiger partial charge on any atom is 0 e. The van der Waals surface area contributed by atoms with Crippen LogP contribution in [-0.4, -0.2) is 5.48 Å². The normalized spacial score (nSPS) is 12.3. The molecule has 1 aliphatic rings. The van der Waals surface area contributed by atoms with Crippen molar-refractivity contribution in [2.75, 3.05) is 0 Å². The van der Waals surface area contributed by atoms with E-state index in [2.05, 4.69) is 13.8 Å². The topological polar surface area (TPSA) is 31.5 Å². The van der Waals surface area contributed by atoms with E-state index in [1.165, 1.54) is 70.6 Å². The van der Waals surface area contributed by atoms with Gasteiger partial charge in [0.25, 0.3) is 0 Å². The van der Waals surface area contributed by atoms with Crippen molar-refractivity contribution in [1.29, 1.82) is 0 Å². The van der Waals surface area contributed by atoms with E-state index in [0.717, 1.165) is 0 Å². The van der Waals surface area contributed by atoms with Gasteiger partial charge in [-0.15, -0.1) is 0 Å². The minimum Gasteiger partial charge on any atom is -0.412 e. The maximum atomic E-state index is 2.25. The fraction of sp³-hybridized carbons (Fsp3) is 1.00. The smallest absolute Gasteiger partial charge is 0 e. The van der Waals surface area contributed by atoms with E-state index in [9.17, 15) is 0 Å². The highest BCUT2D eigenvalue weighted by Gasteiger charge is 1.95. The molecular weight excluding hydrogens is 220 g/mol. The zero-order valence-corrected chi connectivity index (χ0v) is 14.3. The lowest BCUT2D eigenvalue weighted by atomic mass is 10.0. The molecule has 0 aromatic carbocycles. The molecule has 0 unspecified atom stereocenters. The summed E-state index contributed by atoms with van der Waals surface area (Å²) >= 11 is 0. The first-order valence-electron chi connectivity index (χ1n) is 8.41. The van der Waals surface area contributed by atoms with Gasteiger partial charge in [-0.25, -0.2) is 0 Å². The monoisotopic (exact) mass is 264 g/mol. The van der Waals surface area contributed by atoms with Gasteiger partial charge in [0.15, 0.2) is 0 Å². The van der Waals surface area contributed by atoms with Crippen LogP contribution in [0.2, 0.25) is 0 Å². The Balaban J connectivity index is -0.0000000504. The Morgan fingerprint density at radius 2 is 0.778 bits per heavy atom. The molecule has 0 spiro atoms. The summed E-state index contributed by atoms with van der Waals surface area (Å²) in [6, 6.07) is 0. The molecule has 18 heavy (non-hydrogen) atoms. The van der Waals surface area contributed by atoms with Crippen LogP contribution in [0.15, 0.2) is 0 Å². The Bertz CT molecular complexity index is 67.8.